The Balaban J connectivity index is 1.21. The predicted octanol–water partition coefficient (Wildman–Crippen LogP) is 12.7. The molecule has 2 heterocycles. The van der Waals surface area contributed by atoms with Gasteiger partial charge in [0, 0.05) is 33.4 Å². The highest BCUT2D eigenvalue weighted by Gasteiger charge is 2.26. The Morgan fingerprint density at radius 1 is 0.526 bits per heavy atom. The third-order valence-electron chi connectivity index (χ3n) is 13.0. The van der Waals surface area contributed by atoms with E-state index < -0.39 is 0 Å². The van der Waals surface area contributed by atoms with Crippen molar-refractivity contribution < 1.29 is 0 Å². The third-order valence-corrected chi connectivity index (χ3v) is 13.0. The van der Waals surface area contributed by atoms with Gasteiger partial charge in [-0.1, -0.05) is 133 Å². The number of para-hydroxylation sites is 2. The number of hydrogen-bond donors (Lipinski definition) is 0. The normalized spacial score (nSPS) is 15.8. The lowest BCUT2D eigenvalue weighted by molar-refractivity contribution is 0.664. The van der Waals surface area contributed by atoms with E-state index in [1.54, 1.807) is 0 Å². The van der Waals surface area contributed by atoms with E-state index in [0.29, 0.717) is 0 Å². The maximum absolute atomic E-state index is 2.64. The fraction of sp³-hybridized carbons (Fsp3) is 0.127. The molecule has 1 atom stereocenters. The van der Waals surface area contributed by atoms with Crippen molar-refractivity contribution in [2.24, 2.45) is 0 Å². The molecule has 3 aliphatic rings. The Hall–Kier alpha value is -6.64. The van der Waals surface area contributed by atoms with Gasteiger partial charge in [0.05, 0.1) is 11.6 Å². The lowest BCUT2D eigenvalue weighted by atomic mass is 9.84. The minimum atomic E-state index is 0.184. The molecule has 12 rings (SSSR count). The molecule has 2 heteroatoms. The molecule has 7 aromatic carbocycles. The van der Waals surface area contributed by atoms with E-state index in [2.05, 4.69) is 186 Å². The van der Waals surface area contributed by atoms with Crippen molar-refractivity contribution in [1.29, 1.82) is 0 Å². The smallest absolute Gasteiger partial charge is 0.0566 e. The van der Waals surface area contributed by atoms with Crippen molar-refractivity contribution >= 4 is 67.7 Å². The number of aryl methyl sites for hydroxylation is 3. The molecule has 2 aromatic heterocycles. The quantitative estimate of drug-likeness (QED) is 0.171. The summed E-state index contributed by atoms with van der Waals surface area (Å²) >= 11 is 0. The first-order valence-corrected chi connectivity index (χ1v) is 20.7. The molecule has 0 radical (unpaired) electrons. The summed E-state index contributed by atoms with van der Waals surface area (Å²) in [6, 6.07) is 50.5. The van der Waals surface area contributed by atoms with E-state index in [4.69, 9.17) is 0 Å². The van der Waals surface area contributed by atoms with Crippen LogP contribution in [-0.2, 0) is 12.8 Å². The summed E-state index contributed by atoms with van der Waals surface area (Å²) < 4.78 is 5.14. The van der Waals surface area contributed by atoms with Crippen LogP contribution in [0.1, 0.15) is 53.4 Å². The minimum Gasteiger partial charge on any atom is -0.333 e. The van der Waals surface area contributed by atoms with E-state index in [1.165, 1.54) is 110 Å². The zero-order valence-corrected chi connectivity index (χ0v) is 32.2. The van der Waals surface area contributed by atoms with E-state index in [-0.39, 0.29) is 6.04 Å². The van der Waals surface area contributed by atoms with Gasteiger partial charge in [-0.05, 0) is 147 Å². The van der Waals surface area contributed by atoms with Crippen molar-refractivity contribution in [3.05, 3.63) is 184 Å². The van der Waals surface area contributed by atoms with Gasteiger partial charge in [0.15, 0.2) is 0 Å². The molecule has 0 amide bonds. The number of aromatic nitrogens is 2. The fourth-order valence-electron chi connectivity index (χ4n) is 10.5. The molecular weight excluding hydrogens is 689 g/mol. The van der Waals surface area contributed by atoms with Crippen LogP contribution in [0.2, 0.25) is 0 Å². The van der Waals surface area contributed by atoms with Gasteiger partial charge < -0.3 is 9.13 Å². The highest BCUT2D eigenvalue weighted by molar-refractivity contribution is 6.08. The third kappa shape index (κ3) is 4.96. The molecule has 0 bridgehead atoms. The summed E-state index contributed by atoms with van der Waals surface area (Å²) in [5.41, 5.74) is 15.9. The zero-order valence-electron chi connectivity index (χ0n) is 32.2. The number of nitrogens with zero attached hydrogens (tertiary/aromatic N) is 2. The summed E-state index contributed by atoms with van der Waals surface area (Å²) in [6.07, 6.45) is 19.9. The average molecular weight is 731 g/mol. The topological polar surface area (TPSA) is 9.86 Å². The number of benzene rings is 7. The zero-order chi connectivity index (χ0) is 37.6. The first-order chi connectivity index (χ1) is 28.2. The van der Waals surface area contributed by atoms with Crippen LogP contribution in [0.25, 0.3) is 95.6 Å². The van der Waals surface area contributed by atoms with Crippen LogP contribution >= 0.6 is 0 Å². The second-order valence-electron chi connectivity index (χ2n) is 16.3. The second kappa shape index (κ2) is 12.7. The van der Waals surface area contributed by atoms with Crippen molar-refractivity contribution in [3.8, 4) is 27.9 Å². The SMILES string of the molecule is Cc1cccc(-c2c3c(c(-c4ccc5ccccc5c4)c4cc(-n5c6c(c7ccccc75)CCC=C6)ccc24)=CCC(n2c4c(c5ccccc52)CCC=C4)C=3)c1. The Morgan fingerprint density at radius 3 is 2.07 bits per heavy atom. The molecule has 272 valence electrons. The lowest BCUT2D eigenvalue weighted by Gasteiger charge is -2.25. The molecule has 0 fully saturated rings. The molecule has 0 aliphatic heterocycles. The first kappa shape index (κ1) is 32.6. The van der Waals surface area contributed by atoms with Gasteiger partial charge in [-0.3, -0.25) is 0 Å². The van der Waals surface area contributed by atoms with Crippen molar-refractivity contribution in [3.63, 3.8) is 0 Å². The Morgan fingerprint density at radius 2 is 1.23 bits per heavy atom. The Bertz CT molecular complexity index is 3340. The summed E-state index contributed by atoms with van der Waals surface area (Å²) in [6.45, 7) is 2.22. The van der Waals surface area contributed by atoms with E-state index in [1.807, 2.05) is 0 Å². The number of hydrogen-bond acceptors (Lipinski definition) is 0. The monoisotopic (exact) mass is 730 g/mol. The summed E-state index contributed by atoms with van der Waals surface area (Å²) in [7, 11) is 0. The number of rotatable bonds is 4. The Labute approximate surface area is 332 Å². The second-order valence-corrected chi connectivity index (χ2v) is 16.3. The summed E-state index contributed by atoms with van der Waals surface area (Å²) in [5, 5.41) is 10.5. The number of allylic oxidation sites excluding steroid dienone is 2. The van der Waals surface area contributed by atoms with Gasteiger partial charge in [-0.25, -0.2) is 0 Å². The predicted molar refractivity (Wildman–Crippen MR) is 242 cm³/mol. The molecule has 0 spiro atoms. The summed E-state index contributed by atoms with van der Waals surface area (Å²) in [4.78, 5) is 0. The van der Waals surface area contributed by atoms with Gasteiger partial charge in [0.25, 0.3) is 0 Å². The van der Waals surface area contributed by atoms with Gasteiger partial charge >= 0.3 is 0 Å². The van der Waals surface area contributed by atoms with Crippen molar-refractivity contribution in [2.45, 2.75) is 45.1 Å². The van der Waals surface area contributed by atoms with Crippen molar-refractivity contribution in [2.75, 3.05) is 0 Å². The lowest BCUT2D eigenvalue weighted by Crippen LogP contribution is -2.34. The molecule has 3 aliphatic carbocycles. The van der Waals surface area contributed by atoms with Crippen LogP contribution in [0.15, 0.2) is 146 Å². The van der Waals surface area contributed by atoms with Crippen LogP contribution in [0.4, 0.5) is 0 Å². The van der Waals surface area contributed by atoms with Crippen LogP contribution < -0.4 is 10.4 Å². The standard InChI is InChI=1S/C55H42N2/c1-35-13-12-16-38(31-35)54-46-29-27-41(57-52-23-10-6-19-44(52)45-20-7-11-24-53(45)57)34-49(46)55(39-26-25-36-14-2-3-15-37(36)32-39)47-30-28-40(33-48(47)54)56-50-21-8-4-17-42(50)43-18-5-9-22-51(43)56/h2-4,6,8-17,19,21-27,29-34,40H,5,7,18,20,28H2,1H3. The fourth-order valence-corrected chi connectivity index (χ4v) is 10.5. The van der Waals surface area contributed by atoms with Gasteiger partial charge in [0.2, 0.25) is 0 Å². The van der Waals surface area contributed by atoms with Gasteiger partial charge in [-0.15, -0.1) is 0 Å². The van der Waals surface area contributed by atoms with Gasteiger partial charge in [0.1, 0.15) is 0 Å². The highest BCUT2D eigenvalue weighted by atomic mass is 15.0. The largest absolute Gasteiger partial charge is 0.333 e. The number of fused-ring (bicyclic) bond motifs is 9. The maximum Gasteiger partial charge on any atom is 0.0566 e. The average Bonchev–Trinajstić information content (AvgIpc) is 3.78. The summed E-state index contributed by atoms with van der Waals surface area (Å²) in [5.74, 6) is 0. The molecule has 0 saturated heterocycles. The molecular formula is C55H42N2. The van der Waals surface area contributed by atoms with E-state index in [0.717, 1.165) is 32.1 Å². The van der Waals surface area contributed by atoms with Crippen LogP contribution in [0.3, 0.4) is 0 Å². The minimum absolute atomic E-state index is 0.184. The maximum atomic E-state index is 2.64. The van der Waals surface area contributed by atoms with E-state index in [9.17, 15) is 0 Å². The molecule has 1 unspecified atom stereocenters. The molecule has 0 N–H and O–H groups in total. The molecule has 9 aromatic rings. The molecule has 2 nitrogen and oxygen atoms in total. The van der Waals surface area contributed by atoms with Crippen molar-refractivity contribution in [1.82, 2.24) is 9.13 Å². The highest BCUT2D eigenvalue weighted by Crippen LogP contribution is 2.40. The van der Waals surface area contributed by atoms with E-state index >= 15 is 0 Å². The van der Waals surface area contributed by atoms with Gasteiger partial charge in [-0.2, -0.15) is 0 Å². The van der Waals surface area contributed by atoms with Crippen LogP contribution in [-0.4, -0.2) is 9.13 Å². The molecule has 57 heavy (non-hydrogen) atoms. The molecule has 0 saturated carbocycles. The van der Waals surface area contributed by atoms with Crippen LogP contribution in [0.5, 0.6) is 0 Å². The van der Waals surface area contributed by atoms with Crippen LogP contribution in [0, 0.1) is 6.92 Å². The first-order valence-electron chi connectivity index (χ1n) is 20.7. The Kier molecular flexibility index (Phi) is 7.26.